The highest BCUT2D eigenvalue weighted by molar-refractivity contribution is 5.94. The van der Waals surface area contributed by atoms with Crippen LogP contribution in [0.2, 0.25) is 0 Å². The molecule has 0 bridgehead atoms. The Kier molecular flexibility index (Phi) is 6.24. The van der Waals surface area contributed by atoms with Crippen molar-refractivity contribution >= 4 is 18.3 Å². The third kappa shape index (κ3) is 4.45. The fraction of sp³-hybridized carbons (Fsp3) is 0.588. The summed E-state index contributed by atoms with van der Waals surface area (Å²) in [6, 6.07) is 8.37. The van der Waals surface area contributed by atoms with E-state index in [4.69, 9.17) is 0 Å². The van der Waals surface area contributed by atoms with E-state index >= 15 is 0 Å². The maximum atomic E-state index is 12.5. The number of likely N-dealkylation sites (N-methyl/N-ethyl adjacent to an activating group) is 1. The molecule has 1 aromatic carbocycles. The molecule has 0 aromatic heterocycles. The molecule has 2 rings (SSSR count). The number of hydrogen-bond donors (Lipinski definition) is 1. The number of hydrogen-bond acceptors (Lipinski definition) is 2. The van der Waals surface area contributed by atoms with E-state index in [1.807, 2.05) is 24.1 Å². The Morgan fingerprint density at radius 2 is 1.86 bits per heavy atom. The van der Waals surface area contributed by atoms with Crippen molar-refractivity contribution < 1.29 is 4.79 Å². The van der Waals surface area contributed by atoms with Crippen LogP contribution in [0.5, 0.6) is 0 Å². The summed E-state index contributed by atoms with van der Waals surface area (Å²) in [7, 11) is 1.91. The number of amides is 1. The van der Waals surface area contributed by atoms with E-state index in [1.165, 1.54) is 5.56 Å². The van der Waals surface area contributed by atoms with Gasteiger partial charge >= 0.3 is 0 Å². The van der Waals surface area contributed by atoms with Crippen LogP contribution in [0.1, 0.15) is 49.5 Å². The number of rotatable bonds is 2. The fourth-order valence-electron chi connectivity index (χ4n) is 2.65. The van der Waals surface area contributed by atoms with Crippen molar-refractivity contribution in [2.24, 2.45) is 0 Å². The molecule has 1 saturated heterocycles. The van der Waals surface area contributed by atoms with Gasteiger partial charge in [-0.1, -0.05) is 32.9 Å². The SMILES string of the molecule is CN(C(=O)c1ccc(C(C)(C)C)cc1)[C@@H]1CCCNC1.Cl. The second-order valence-electron chi connectivity index (χ2n) is 6.74. The second kappa shape index (κ2) is 7.28. The van der Waals surface area contributed by atoms with Crippen LogP contribution >= 0.6 is 12.4 Å². The van der Waals surface area contributed by atoms with E-state index < -0.39 is 0 Å². The van der Waals surface area contributed by atoms with Gasteiger partial charge in [0.2, 0.25) is 0 Å². The van der Waals surface area contributed by atoms with Gasteiger partial charge in [0.15, 0.2) is 0 Å². The Labute approximate surface area is 134 Å². The predicted molar refractivity (Wildman–Crippen MR) is 90.4 cm³/mol. The van der Waals surface area contributed by atoms with E-state index in [9.17, 15) is 4.79 Å². The lowest BCUT2D eigenvalue weighted by Gasteiger charge is -2.32. The van der Waals surface area contributed by atoms with Gasteiger partial charge in [0.25, 0.3) is 5.91 Å². The molecule has 0 saturated carbocycles. The zero-order chi connectivity index (χ0) is 14.8. The largest absolute Gasteiger partial charge is 0.337 e. The summed E-state index contributed by atoms with van der Waals surface area (Å²) in [5, 5.41) is 3.36. The number of nitrogens with one attached hydrogen (secondary N) is 1. The molecule has 3 nitrogen and oxygen atoms in total. The van der Waals surface area contributed by atoms with Crippen molar-refractivity contribution in [2.45, 2.75) is 45.1 Å². The monoisotopic (exact) mass is 310 g/mol. The molecule has 1 N–H and O–H groups in total. The Morgan fingerprint density at radius 3 is 2.33 bits per heavy atom. The summed E-state index contributed by atoms with van der Waals surface area (Å²) in [4.78, 5) is 14.4. The summed E-state index contributed by atoms with van der Waals surface area (Å²) < 4.78 is 0. The molecule has 1 atom stereocenters. The highest BCUT2D eigenvalue weighted by Gasteiger charge is 2.23. The van der Waals surface area contributed by atoms with Crippen molar-refractivity contribution in [3.63, 3.8) is 0 Å². The zero-order valence-corrected chi connectivity index (χ0v) is 14.3. The molecule has 118 valence electrons. The van der Waals surface area contributed by atoms with Gasteiger partial charge in [-0.15, -0.1) is 12.4 Å². The minimum Gasteiger partial charge on any atom is -0.337 e. The first-order valence-electron chi connectivity index (χ1n) is 7.48. The van der Waals surface area contributed by atoms with E-state index in [-0.39, 0.29) is 23.7 Å². The fourth-order valence-corrected chi connectivity index (χ4v) is 2.65. The minimum atomic E-state index is 0. The van der Waals surface area contributed by atoms with Crippen LogP contribution in [0.4, 0.5) is 0 Å². The number of nitrogens with zero attached hydrogens (tertiary/aromatic N) is 1. The van der Waals surface area contributed by atoms with Gasteiger partial charge in [-0.3, -0.25) is 4.79 Å². The first kappa shape index (κ1) is 18.0. The Balaban J connectivity index is 0.00000220. The van der Waals surface area contributed by atoms with Gasteiger partial charge in [-0.2, -0.15) is 0 Å². The molecular weight excluding hydrogens is 284 g/mol. The van der Waals surface area contributed by atoms with Crippen LogP contribution in [0, 0.1) is 0 Å². The molecule has 0 radical (unpaired) electrons. The average molecular weight is 311 g/mol. The van der Waals surface area contributed by atoms with Crippen molar-refractivity contribution in [2.75, 3.05) is 20.1 Å². The quantitative estimate of drug-likeness (QED) is 0.909. The second-order valence-corrected chi connectivity index (χ2v) is 6.74. The molecule has 1 aliphatic rings. The molecule has 4 heteroatoms. The smallest absolute Gasteiger partial charge is 0.253 e. The highest BCUT2D eigenvalue weighted by Crippen LogP contribution is 2.22. The third-order valence-electron chi connectivity index (χ3n) is 4.14. The topological polar surface area (TPSA) is 32.3 Å². The molecule has 1 amide bonds. The van der Waals surface area contributed by atoms with Crippen LogP contribution in [0.15, 0.2) is 24.3 Å². The first-order chi connectivity index (χ1) is 9.39. The van der Waals surface area contributed by atoms with Gasteiger partial charge < -0.3 is 10.2 Å². The van der Waals surface area contributed by atoms with E-state index in [0.717, 1.165) is 31.5 Å². The predicted octanol–water partition coefficient (Wildman–Crippen LogP) is 3.23. The number of piperidine rings is 1. The van der Waals surface area contributed by atoms with Crippen LogP contribution in [0.25, 0.3) is 0 Å². The van der Waals surface area contributed by atoms with Crippen LogP contribution in [0.3, 0.4) is 0 Å². The molecule has 1 aromatic rings. The van der Waals surface area contributed by atoms with E-state index in [0.29, 0.717) is 6.04 Å². The first-order valence-corrected chi connectivity index (χ1v) is 7.48. The van der Waals surface area contributed by atoms with Gasteiger partial charge in [-0.05, 0) is 42.5 Å². The average Bonchev–Trinajstić information content (AvgIpc) is 2.46. The maximum absolute atomic E-state index is 12.5. The van der Waals surface area contributed by atoms with Crippen molar-refractivity contribution in [3.05, 3.63) is 35.4 Å². The molecular formula is C17H27ClN2O. The molecule has 1 fully saturated rings. The van der Waals surface area contributed by atoms with Crippen molar-refractivity contribution in [1.29, 1.82) is 0 Å². The van der Waals surface area contributed by atoms with Gasteiger partial charge in [-0.25, -0.2) is 0 Å². The minimum absolute atomic E-state index is 0. The lowest BCUT2D eigenvalue weighted by molar-refractivity contribution is 0.0708. The molecule has 0 unspecified atom stereocenters. The number of halogens is 1. The summed E-state index contributed by atoms with van der Waals surface area (Å²) in [6.45, 7) is 8.53. The van der Waals surface area contributed by atoms with Crippen molar-refractivity contribution in [1.82, 2.24) is 10.2 Å². The highest BCUT2D eigenvalue weighted by atomic mass is 35.5. The van der Waals surface area contributed by atoms with Gasteiger partial charge in [0, 0.05) is 25.2 Å². The van der Waals surface area contributed by atoms with Crippen LogP contribution in [-0.4, -0.2) is 37.0 Å². The molecule has 1 aliphatic heterocycles. The van der Waals surface area contributed by atoms with Crippen molar-refractivity contribution in [3.8, 4) is 0 Å². The molecule has 0 spiro atoms. The number of carbonyl (C=O) groups is 1. The van der Waals surface area contributed by atoms with Crippen LogP contribution in [-0.2, 0) is 5.41 Å². The van der Waals surface area contributed by atoms with E-state index in [2.05, 4.69) is 38.2 Å². The lowest BCUT2D eigenvalue weighted by Crippen LogP contribution is -2.46. The Hall–Kier alpha value is -1.06. The molecule has 0 aliphatic carbocycles. The number of benzene rings is 1. The molecule has 1 heterocycles. The maximum Gasteiger partial charge on any atom is 0.253 e. The summed E-state index contributed by atoms with van der Waals surface area (Å²) in [6.07, 6.45) is 2.24. The molecule has 21 heavy (non-hydrogen) atoms. The Bertz CT molecular complexity index is 459. The summed E-state index contributed by atoms with van der Waals surface area (Å²) >= 11 is 0. The standard InChI is InChI=1S/C17H26N2O.ClH/c1-17(2,3)14-9-7-13(8-10-14)16(20)19(4)15-6-5-11-18-12-15;/h7-10,15,18H,5-6,11-12H2,1-4H3;1H/t15-;/m1./s1. The summed E-state index contributed by atoms with van der Waals surface area (Å²) in [5.41, 5.74) is 2.17. The van der Waals surface area contributed by atoms with Crippen LogP contribution < -0.4 is 5.32 Å². The zero-order valence-electron chi connectivity index (χ0n) is 13.5. The summed E-state index contributed by atoms with van der Waals surface area (Å²) in [5.74, 6) is 0.124. The third-order valence-corrected chi connectivity index (χ3v) is 4.14. The Morgan fingerprint density at radius 1 is 1.24 bits per heavy atom. The van der Waals surface area contributed by atoms with E-state index in [1.54, 1.807) is 0 Å². The lowest BCUT2D eigenvalue weighted by atomic mass is 9.86. The van der Waals surface area contributed by atoms with Gasteiger partial charge in [0.05, 0.1) is 0 Å². The normalized spacial score (nSPS) is 18.8. The van der Waals surface area contributed by atoms with Gasteiger partial charge in [0.1, 0.15) is 0 Å². The number of carbonyl (C=O) groups excluding carboxylic acids is 1.